The van der Waals surface area contributed by atoms with Gasteiger partial charge in [0.05, 0.1) is 20.4 Å². The number of carbonyl (C=O) groups is 1. The third-order valence-electron chi connectivity index (χ3n) is 3.91. The van der Waals surface area contributed by atoms with E-state index in [4.69, 9.17) is 0 Å². The van der Waals surface area contributed by atoms with E-state index in [0.29, 0.717) is 6.04 Å². The number of thiazole rings is 1. The van der Waals surface area contributed by atoms with Crippen LogP contribution in [0.5, 0.6) is 0 Å². The summed E-state index contributed by atoms with van der Waals surface area (Å²) in [6.45, 7) is 1.86. The lowest BCUT2D eigenvalue weighted by molar-refractivity contribution is -0.384. The molecule has 1 aliphatic rings. The van der Waals surface area contributed by atoms with Crippen LogP contribution in [0.4, 0.5) is 5.69 Å². The molecule has 1 aromatic carbocycles. The van der Waals surface area contributed by atoms with Gasteiger partial charge in [0.15, 0.2) is 4.34 Å². The van der Waals surface area contributed by atoms with Gasteiger partial charge < -0.3 is 5.32 Å². The molecule has 0 radical (unpaired) electrons. The maximum Gasteiger partial charge on any atom is 0.270 e. The summed E-state index contributed by atoms with van der Waals surface area (Å²) in [4.78, 5) is 27.1. The summed E-state index contributed by atoms with van der Waals surface area (Å²) in [7, 11) is 0. The van der Waals surface area contributed by atoms with Crippen molar-refractivity contribution in [3.8, 4) is 0 Å². The lowest BCUT2D eigenvalue weighted by Gasteiger charge is -2.15. The third kappa shape index (κ3) is 3.81. The molecular weight excluding hydrogens is 334 g/mol. The van der Waals surface area contributed by atoms with Crippen LogP contribution in [0.25, 0.3) is 10.2 Å². The predicted molar refractivity (Wildman–Crippen MR) is 92.0 cm³/mol. The molecule has 2 aromatic rings. The largest absolute Gasteiger partial charge is 0.352 e. The molecular formula is C15H17N3O3S2. The molecule has 23 heavy (non-hydrogen) atoms. The highest BCUT2D eigenvalue weighted by molar-refractivity contribution is 8.02. The van der Waals surface area contributed by atoms with Crippen LogP contribution in [0, 0.1) is 10.1 Å². The smallest absolute Gasteiger partial charge is 0.270 e. The average Bonchev–Trinajstić information content (AvgIpc) is 3.14. The monoisotopic (exact) mass is 351 g/mol. The Morgan fingerprint density at radius 2 is 2.22 bits per heavy atom. The van der Waals surface area contributed by atoms with Gasteiger partial charge in [-0.05, 0) is 25.8 Å². The van der Waals surface area contributed by atoms with Crippen molar-refractivity contribution >= 4 is 44.9 Å². The Morgan fingerprint density at radius 1 is 1.48 bits per heavy atom. The Labute approximate surface area is 141 Å². The quantitative estimate of drug-likeness (QED) is 0.504. The summed E-state index contributed by atoms with van der Waals surface area (Å²) in [6.07, 6.45) is 4.49. The highest BCUT2D eigenvalue weighted by Gasteiger charge is 2.22. The van der Waals surface area contributed by atoms with E-state index in [0.717, 1.165) is 27.4 Å². The molecule has 1 aromatic heterocycles. The van der Waals surface area contributed by atoms with E-state index < -0.39 is 4.92 Å². The van der Waals surface area contributed by atoms with E-state index >= 15 is 0 Å². The van der Waals surface area contributed by atoms with Gasteiger partial charge in [-0.2, -0.15) is 0 Å². The van der Waals surface area contributed by atoms with Crippen LogP contribution in [-0.2, 0) is 4.79 Å². The molecule has 0 unspecified atom stereocenters. The molecule has 0 aliphatic heterocycles. The molecule has 6 nitrogen and oxygen atoms in total. The van der Waals surface area contributed by atoms with Crippen LogP contribution in [0.1, 0.15) is 32.6 Å². The van der Waals surface area contributed by atoms with Crippen molar-refractivity contribution in [2.75, 3.05) is 0 Å². The minimum Gasteiger partial charge on any atom is -0.352 e. The maximum absolute atomic E-state index is 12.2. The molecule has 0 spiro atoms. The molecule has 3 rings (SSSR count). The van der Waals surface area contributed by atoms with E-state index in [1.54, 1.807) is 6.07 Å². The Morgan fingerprint density at radius 3 is 2.91 bits per heavy atom. The number of rotatable bonds is 5. The van der Waals surface area contributed by atoms with Gasteiger partial charge in [-0.1, -0.05) is 24.6 Å². The van der Waals surface area contributed by atoms with E-state index in [1.807, 2.05) is 6.92 Å². The van der Waals surface area contributed by atoms with Crippen LogP contribution < -0.4 is 5.32 Å². The Kier molecular flexibility index (Phi) is 4.82. The fourth-order valence-electron chi connectivity index (χ4n) is 2.65. The molecule has 1 atom stereocenters. The molecule has 1 amide bonds. The highest BCUT2D eigenvalue weighted by atomic mass is 32.2. The van der Waals surface area contributed by atoms with E-state index in [9.17, 15) is 14.9 Å². The van der Waals surface area contributed by atoms with Gasteiger partial charge in [0.2, 0.25) is 5.91 Å². The average molecular weight is 351 g/mol. The summed E-state index contributed by atoms with van der Waals surface area (Å²) in [5.41, 5.74) is 0.788. The molecule has 1 saturated carbocycles. The van der Waals surface area contributed by atoms with Crippen molar-refractivity contribution in [3.63, 3.8) is 0 Å². The second-order valence-electron chi connectivity index (χ2n) is 5.64. The normalized spacial score (nSPS) is 16.6. The zero-order valence-corrected chi connectivity index (χ0v) is 14.3. The molecule has 0 bridgehead atoms. The topological polar surface area (TPSA) is 85.1 Å². The fraction of sp³-hybridized carbons (Fsp3) is 0.467. The first-order valence-electron chi connectivity index (χ1n) is 7.55. The van der Waals surface area contributed by atoms with Gasteiger partial charge in [0.1, 0.15) is 0 Å². The van der Waals surface area contributed by atoms with E-state index in [-0.39, 0.29) is 16.8 Å². The lowest BCUT2D eigenvalue weighted by atomic mass is 10.2. The number of nitro benzene ring substituents is 1. The maximum atomic E-state index is 12.2. The summed E-state index contributed by atoms with van der Waals surface area (Å²) >= 11 is 2.79. The standard InChI is InChI=1S/C15H17N3O3S2/c1-9(14(19)16-10-4-2-3-5-10)22-15-17-12-7-6-11(18(20)21)8-13(12)23-15/h6-10H,2-5H2,1H3,(H,16,19)/t9-/m0/s1. The van der Waals surface area contributed by atoms with Crippen molar-refractivity contribution in [2.24, 2.45) is 0 Å². The number of hydrogen-bond donors (Lipinski definition) is 1. The number of nitrogens with zero attached hydrogens (tertiary/aromatic N) is 2. The predicted octanol–water partition coefficient (Wildman–Crippen LogP) is 3.74. The van der Waals surface area contributed by atoms with Gasteiger partial charge in [-0.25, -0.2) is 4.98 Å². The summed E-state index contributed by atoms with van der Waals surface area (Å²) in [5, 5.41) is 13.7. The zero-order chi connectivity index (χ0) is 16.4. The number of amides is 1. The van der Waals surface area contributed by atoms with Crippen molar-refractivity contribution in [3.05, 3.63) is 28.3 Å². The Balaban J connectivity index is 1.67. The second-order valence-corrected chi connectivity index (χ2v) is 8.26. The Hall–Kier alpha value is -1.67. The lowest BCUT2D eigenvalue weighted by Crippen LogP contribution is -2.37. The molecule has 122 valence electrons. The van der Waals surface area contributed by atoms with Crippen molar-refractivity contribution < 1.29 is 9.72 Å². The minimum atomic E-state index is -0.413. The summed E-state index contributed by atoms with van der Waals surface area (Å²) in [5.74, 6) is 0.0344. The van der Waals surface area contributed by atoms with Crippen LogP contribution in [-0.4, -0.2) is 27.1 Å². The van der Waals surface area contributed by atoms with Crippen LogP contribution >= 0.6 is 23.1 Å². The van der Waals surface area contributed by atoms with Crippen molar-refractivity contribution in [1.82, 2.24) is 10.3 Å². The number of non-ortho nitro benzene ring substituents is 1. The molecule has 1 fully saturated rings. The molecule has 1 heterocycles. The highest BCUT2D eigenvalue weighted by Crippen LogP contribution is 2.34. The number of carbonyl (C=O) groups excluding carboxylic acids is 1. The van der Waals surface area contributed by atoms with E-state index in [1.165, 1.54) is 48.1 Å². The summed E-state index contributed by atoms with van der Waals surface area (Å²) < 4.78 is 1.53. The van der Waals surface area contributed by atoms with Gasteiger partial charge in [-0.15, -0.1) is 11.3 Å². The Bertz CT molecular complexity index is 741. The number of thioether (sulfide) groups is 1. The minimum absolute atomic E-state index is 0.0344. The third-order valence-corrected chi connectivity index (χ3v) is 6.12. The summed E-state index contributed by atoms with van der Waals surface area (Å²) in [6, 6.07) is 4.94. The first-order valence-corrected chi connectivity index (χ1v) is 9.24. The number of nitro groups is 1. The van der Waals surface area contributed by atoms with E-state index in [2.05, 4.69) is 10.3 Å². The van der Waals surface area contributed by atoms with Crippen LogP contribution in [0.15, 0.2) is 22.5 Å². The molecule has 1 N–H and O–H groups in total. The van der Waals surface area contributed by atoms with Crippen molar-refractivity contribution in [1.29, 1.82) is 0 Å². The first-order chi connectivity index (χ1) is 11.0. The van der Waals surface area contributed by atoms with Gasteiger partial charge in [0.25, 0.3) is 5.69 Å². The van der Waals surface area contributed by atoms with Gasteiger partial charge in [0, 0.05) is 18.2 Å². The van der Waals surface area contributed by atoms with Gasteiger partial charge >= 0.3 is 0 Å². The fourth-order valence-corrected chi connectivity index (χ4v) is 4.90. The number of benzene rings is 1. The number of hydrogen-bond acceptors (Lipinski definition) is 6. The van der Waals surface area contributed by atoms with Crippen molar-refractivity contribution in [2.45, 2.75) is 48.2 Å². The molecule has 0 saturated heterocycles. The van der Waals surface area contributed by atoms with Gasteiger partial charge in [-0.3, -0.25) is 14.9 Å². The molecule has 1 aliphatic carbocycles. The first kappa shape index (κ1) is 16.2. The van der Waals surface area contributed by atoms with Crippen LogP contribution in [0.3, 0.4) is 0 Å². The second kappa shape index (κ2) is 6.84. The molecule has 8 heteroatoms. The van der Waals surface area contributed by atoms with Crippen LogP contribution in [0.2, 0.25) is 0 Å². The zero-order valence-electron chi connectivity index (χ0n) is 12.7. The number of nitrogens with one attached hydrogen (secondary N) is 1. The number of fused-ring (bicyclic) bond motifs is 1. The number of aromatic nitrogens is 1. The SMILES string of the molecule is C[C@H](Sc1nc2ccc([N+](=O)[O-])cc2s1)C(=O)NC1CCCC1.